The molecule has 2 aromatic rings. The minimum absolute atomic E-state index is 0.0283. The summed E-state index contributed by atoms with van der Waals surface area (Å²) in [6.07, 6.45) is 3.17. The highest BCUT2D eigenvalue weighted by atomic mass is 32.2. The molecule has 0 unspecified atom stereocenters. The van der Waals surface area contributed by atoms with E-state index in [2.05, 4.69) is 0 Å². The lowest BCUT2D eigenvalue weighted by Gasteiger charge is -2.34. The van der Waals surface area contributed by atoms with Crippen LogP contribution >= 0.6 is 11.8 Å². The molecule has 6 nitrogen and oxygen atoms in total. The second-order valence-electron chi connectivity index (χ2n) is 7.43. The van der Waals surface area contributed by atoms with Crippen LogP contribution in [0, 0.1) is 0 Å². The molecule has 0 atom stereocenters. The summed E-state index contributed by atoms with van der Waals surface area (Å²) in [5, 5.41) is 0.903. The van der Waals surface area contributed by atoms with Gasteiger partial charge in [-0.15, -0.1) is 11.8 Å². The van der Waals surface area contributed by atoms with Crippen molar-refractivity contribution in [2.75, 3.05) is 26.5 Å². The van der Waals surface area contributed by atoms with E-state index < -0.39 is 15.7 Å². The highest BCUT2D eigenvalue weighted by molar-refractivity contribution is 8.15. The van der Waals surface area contributed by atoms with Gasteiger partial charge in [0, 0.05) is 31.5 Å². The normalized spacial score (nSPS) is 18.9. The Bertz CT molecular complexity index is 1060. The molecule has 1 fully saturated rings. The molecule has 2 aliphatic heterocycles. The molecule has 0 amide bonds. The number of hydrogen-bond acceptors (Lipinski definition) is 6. The molecule has 1 spiro atoms. The summed E-state index contributed by atoms with van der Waals surface area (Å²) in [5.41, 5.74) is 2.12. The van der Waals surface area contributed by atoms with Gasteiger partial charge >= 0.3 is 0 Å². The molecule has 4 rings (SSSR count). The lowest BCUT2D eigenvalue weighted by molar-refractivity contribution is 0.248. The van der Waals surface area contributed by atoms with Crippen molar-refractivity contribution in [1.82, 2.24) is 4.31 Å². The van der Waals surface area contributed by atoms with Crippen molar-refractivity contribution >= 4 is 32.5 Å². The maximum absolute atomic E-state index is 12.9. The molecule has 0 N–H and O–H groups in total. The summed E-state index contributed by atoms with van der Waals surface area (Å²) in [6, 6.07) is 17.1. The summed E-state index contributed by atoms with van der Waals surface area (Å²) in [7, 11) is -1.71. The molecule has 0 bridgehead atoms. The zero-order valence-electron chi connectivity index (χ0n) is 17.1. The number of methoxy groups -OCH3 is 1. The number of hydrogen-bond donors (Lipinski definition) is 0. The average Bonchev–Trinajstić information content (AvgIpc) is 3.12. The molecule has 2 heterocycles. The van der Waals surface area contributed by atoms with Gasteiger partial charge in [0.2, 0.25) is 10.0 Å². The van der Waals surface area contributed by atoms with E-state index >= 15 is 0 Å². The van der Waals surface area contributed by atoms with E-state index in [9.17, 15) is 8.42 Å². The molecule has 0 aliphatic carbocycles. The largest absolute Gasteiger partial charge is 0.497 e. The Morgan fingerprint density at radius 3 is 2.30 bits per heavy atom. The van der Waals surface area contributed by atoms with Gasteiger partial charge in [-0.3, -0.25) is 4.99 Å². The lowest BCUT2D eigenvalue weighted by Crippen LogP contribution is -2.44. The number of aliphatic imine (C=N–C) groups is 2. The topological polar surface area (TPSA) is 71.3 Å². The first-order chi connectivity index (χ1) is 14.4. The monoisotopic (exact) mass is 443 g/mol. The Morgan fingerprint density at radius 1 is 1.03 bits per heavy atom. The van der Waals surface area contributed by atoms with Gasteiger partial charge in [0.05, 0.1) is 18.6 Å². The van der Waals surface area contributed by atoms with Gasteiger partial charge in [-0.25, -0.2) is 17.7 Å². The Kier molecular flexibility index (Phi) is 5.99. The minimum Gasteiger partial charge on any atom is -0.497 e. The molecule has 0 radical (unpaired) electrons. The van der Waals surface area contributed by atoms with Crippen LogP contribution in [-0.2, 0) is 15.8 Å². The van der Waals surface area contributed by atoms with Gasteiger partial charge in [0.15, 0.2) is 5.66 Å². The Balaban J connectivity index is 1.50. The van der Waals surface area contributed by atoms with Crippen LogP contribution in [0.4, 0.5) is 0 Å². The van der Waals surface area contributed by atoms with Crippen molar-refractivity contribution in [1.29, 1.82) is 0 Å². The molecule has 2 aliphatic rings. The molecule has 0 saturated carbocycles. The predicted molar refractivity (Wildman–Crippen MR) is 123 cm³/mol. The predicted octanol–water partition coefficient (Wildman–Crippen LogP) is 3.58. The van der Waals surface area contributed by atoms with Crippen molar-refractivity contribution in [2.45, 2.75) is 24.3 Å². The molecule has 8 heteroatoms. The number of thioether (sulfide) groups is 1. The Hall–Kier alpha value is -2.16. The Morgan fingerprint density at radius 2 is 1.70 bits per heavy atom. The van der Waals surface area contributed by atoms with Crippen LogP contribution in [-0.4, -0.2) is 55.6 Å². The minimum atomic E-state index is -3.36. The SMILES string of the molecule is COc1ccc(C2=NC3(CCN(S(=O)(=O)Cc4ccccc4)CC3)N=C2SC)cc1. The van der Waals surface area contributed by atoms with E-state index in [1.165, 1.54) is 0 Å². The van der Waals surface area contributed by atoms with Gasteiger partial charge in [-0.2, -0.15) is 0 Å². The zero-order chi connectivity index (χ0) is 21.2. The van der Waals surface area contributed by atoms with E-state index in [-0.39, 0.29) is 5.75 Å². The molecule has 158 valence electrons. The molecular weight excluding hydrogens is 418 g/mol. The van der Waals surface area contributed by atoms with Crippen molar-refractivity contribution in [2.24, 2.45) is 9.98 Å². The molecule has 30 heavy (non-hydrogen) atoms. The number of ether oxygens (including phenoxy) is 1. The van der Waals surface area contributed by atoms with Crippen LogP contribution < -0.4 is 4.74 Å². The highest BCUT2D eigenvalue weighted by Crippen LogP contribution is 2.36. The quantitative estimate of drug-likeness (QED) is 0.708. The van der Waals surface area contributed by atoms with E-state index in [0.717, 1.165) is 27.6 Å². The van der Waals surface area contributed by atoms with E-state index in [0.29, 0.717) is 25.9 Å². The molecule has 2 aromatic carbocycles. The molecule has 1 saturated heterocycles. The fraction of sp³-hybridized carbons (Fsp3) is 0.364. The third-order valence-corrected chi connectivity index (χ3v) is 8.02. The first kappa shape index (κ1) is 21.1. The van der Waals surface area contributed by atoms with Crippen LogP contribution in [0.15, 0.2) is 64.6 Å². The number of nitrogens with zero attached hydrogens (tertiary/aromatic N) is 3. The second-order valence-corrected chi connectivity index (χ2v) is 10.2. The van der Waals surface area contributed by atoms with E-state index in [1.807, 2.05) is 60.9 Å². The van der Waals surface area contributed by atoms with E-state index in [1.54, 1.807) is 23.2 Å². The molecule has 0 aromatic heterocycles. The van der Waals surface area contributed by atoms with Gasteiger partial charge in [-0.1, -0.05) is 30.3 Å². The highest BCUT2D eigenvalue weighted by Gasteiger charge is 2.41. The van der Waals surface area contributed by atoms with Crippen molar-refractivity contribution < 1.29 is 13.2 Å². The lowest BCUT2D eigenvalue weighted by atomic mass is 10.00. The van der Waals surface area contributed by atoms with E-state index in [4.69, 9.17) is 14.7 Å². The summed E-state index contributed by atoms with van der Waals surface area (Å²) >= 11 is 1.58. The second kappa shape index (κ2) is 8.53. The first-order valence-corrected chi connectivity index (χ1v) is 12.7. The number of piperidine rings is 1. The summed E-state index contributed by atoms with van der Waals surface area (Å²) in [5.74, 6) is 0.826. The van der Waals surface area contributed by atoms with Crippen LogP contribution in [0.3, 0.4) is 0 Å². The average molecular weight is 444 g/mol. The fourth-order valence-electron chi connectivity index (χ4n) is 3.82. The molecular formula is C22H25N3O3S2. The third kappa shape index (κ3) is 4.31. The number of benzene rings is 2. The van der Waals surface area contributed by atoms with Crippen molar-refractivity contribution in [3.63, 3.8) is 0 Å². The maximum Gasteiger partial charge on any atom is 0.218 e. The van der Waals surface area contributed by atoms with Crippen LogP contribution in [0.2, 0.25) is 0 Å². The first-order valence-electron chi connectivity index (χ1n) is 9.85. The smallest absolute Gasteiger partial charge is 0.218 e. The maximum atomic E-state index is 12.9. The van der Waals surface area contributed by atoms with Gasteiger partial charge in [-0.05, 0) is 36.1 Å². The van der Waals surface area contributed by atoms with Crippen molar-refractivity contribution in [3.05, 3.63) is 65.7 Å². The Labute approximate surface area is 182 Å². The zero-order valence-corrected chi connectivity index (χ0v) is 18.7. The number of rotatable bonds is 5. The fourth-order valence-corrected chi connectivity index (χ4v) is 5.98. The van der Waals surface area contributed by atoms with Gasteiger partial charge in [0.1, 0.15) is 10.8 Å². The van der Waals surface area contributed by atoms with Gasteiger partial charge < -0.3 is 4.74 Å². The van der Waals surface area contributed by atoms with Gasteiger partial charge in [0.25, 0.3) is 0 Å². The third-order valence-electron chi connectivity index (χ3n) is 5.50. The van der Waals surface area contributed by atoms with Crippen molar-refractivity contribution in [3.8, 4) is 5.75 Å². The van der Waals surface area contributed by atoms with Crippen LogP contribution in [0.5, 0.6) is 5.75 Å². The number of sulfonamides is 1. The summed E-state index contributed by atoms with van der Waals surface area (Å²) in [4.78, 5) is 9.91. The van der Waals surface area contributed by atoms with Crippen LogP contribution in [0.1, 0.15) is 24.0 Å². The summed E-state index contributed by atoms with van der Waals surface area (Å²) in [6.45, 7) is 0.861. The summed E-state index contributed by atoms with van der Waals surface area (Å²) < 4.78 is 32.6. The van der Waals surface area contributed by atoms with Crippen LogP contribution in [0.25, 0.3) is 0 Å². The standard InChI is InChI=1S/C22H25N3O3S2/c1-28-19-10-8-18(9-11-19)20-21(29-2)24-22(23-20)12-14-25(15-13-22)30(26,27)16-17-6-4-3-5-7-17/h3-11H,12-16H2,1-2H3.